The maximum absolute atomic E-state index is 13.5. The molecule has 0 unspecified atom stereocenters. The van der Waals surface area contributed by atoms with E-state index in [4.69, 9.17) is 5.10 Å². The van der Waals surface area contributed by atoms with E-state index in [2.05, 4.69) is 29.0 Å². The third-order valence-corrected chi connectivity index (χ3v) is 7.21. The van der Waals surface area contributed by atoms with E-state index < -0.39 is 0 Å². The Hall–Kier alpha value is -3.10. The van der Waals surface area contributed by atoms with Gasteiger partial charge in [-0.25, -0.2) is 14.1 Å². The maximum Gasteiger partial charge on any atom is 0.274 e. The van der Waals surface area contributed by atoms with Gasteiger partial charge in [0, 0.05) is 57.2 Å². The third kappa shape index (κ3) is 5.82. The van der Waals surface area contributed by atoms with E-state index in [0.29, 0.717) is 42.5 Å². The number of amides is 1. The number of hydrogen-bond donors (Lipinski definition) is 1. The van der Waals surface area contributed by atoms with E-state index in [0.717, 1.165) is 50.2 Å². The van der Waals surface area contributed by atoms with E-state index in [-0.39, 0.29) is 11.7 Å². The Bertz CT molecular complexity index is 1180. The van der Waals surface area contributed by atoms with E-state index in [9.17, 15) is 9.18 Å². The van der Waals surface area contributed by atoms with E-state index in [1.54, 1.807) is 23.0 Å². The Labute approximate surface area is 212 Å². The normalized spacial score (nSPS) is 21.6. The summed E-state index contributed by atoms with van der Waals surface area (Å²) in [5.41, 5.74) is 3.14. The number of nitrogens with one attached hydrogen (secondary N) is 1. The number of carbonyl (C=O) groups is 1. The predicted molar refractivity (Wildman–Crippen MR) is 137 cm³/mol. The van der Waals surface area contributed by atoms with Crippen LogP contribution in [-0.2, 0) is 13.0 Å². The topological polar surface area (TPSA) is 66.3 Å². The Kier molecular flexibility index (Phi) is 7.43. The van der Waals surface area contributed by atoms with Crippen molar-refractivity contribution in [1.82, 2.24) is 29.9 Å². The summed E-state index contributed by atoms with van der Waals surface area (Å²) in [6.07, 6.45) is 6.23. The number of benzene rings is 1. The average Bonchev–Trinajstić information content (AvgIpc) is 3.32. The van der Waals surface area contributed by atoms with Gasteiger partial charge in [-0.2, -0.15) is 5.10 Å². The summed E-state index contributed by atoms with van der Waals surface area (Å²) < 4.78 is 15.3. The summed E-state index contributed by atoms with van der Waals surface area (Å²) in [5.74, 6) is 0.196. The molecule has 36 heavy (non-hydrogen) atoms. The van der Waals surface area contributed by atoms with Crippen LogP contribution in [0.3, 0.4) is 0 Å². The van der Waals surface area contributed by atoms with Crippen LogP contribution in [0.25, 0.3) is 5.69 Å². The second kappa shape index (κ2) is 10.9. The van der Waals surface area contributed by atoms with Crippen molar-refractivity contribution in [2.75, 3.05) is 26.2 Å². The largest absolute Gasteiger partial charge is 0.337 e. The minimum absolute atomic E-state index is 0.0587. The molecule has 3 aromatic rings. The summed E-state index contributed by atoms with van der Waals surface area (Å²) >= 11 is 0. The number of piperidine rings is 1. The molecule has 1 amide bonds. The highest BCUT2D eigenvalue weighted by molar-refractivity contribution is 5.95. The lowest BCUT2D eigenvalue weighted by Crippen LogP contribution is -2.53. The fourth-order valence-electron chi connectivity index (χ4n) is 5.61. The van der Waals surface area contributed by atoms with Crippen LogP contribution in [0, 0.1) is 11.7 Å². The van der Waals surface area contributed by atoms with Crippen molar-refractivity contribution in [3.8, 4) is 5.69 Å². The van der Waals surface area contributed by atoms with Crippen LogP contribution in [0.5, 0.6) is 0 Å². The lowest BCUT2D eigenvalue weighted by molar-refractivity contribution is 0.0684. The number of hydrogen-bond acceptors (Lipinski definition) is 5. The van der Waals surface area contributed by atoms with Crippen molar-refractivity contribution in [3.63, 3.8) is 0 Å². The van der Waals surface area contributed by atoms with Crippen molar-refractivity contribution < 1.29 is 9.18 Å². The Morgan fingerprint density at radius 3 is 2.61 bits per heavy atom. The lowest BCUT2D eigenvalue weighted by atomic mass is 9.90. The second-order valence-corrected chi connectivity index (χ2v) is 10.4. The second-order valence-electron chi connectivity index (χ2n) is 10.4. The molecule has 190 valence electrons. The molecule has 0 spiro atoms. The molecule has 1 N–H and O–H groups in total. The number of likely N-dealkylation sites (tertiary alicyclic amines) is 1. The first-order chi connectivity index (χ1) is 17.4. The number of carbonyl (C=O) groups excluding carboxylic acids is 1. The van der Waals surface area contributed by atoms with Gasteiger partial charge in [0.25, 0.3) is 5.91 Å². The molecule has 7 nitrogen and oxygen atoms in total. The summed E-state index contributed by atoms with van der Waals surface area (Å²) in [7, 11) is 0. The van der Waals surface area contributed by atoms with Crippen molar-refractivity contribution in [3.05, 3.63) is 77.6 Å². The van der Waals surface area contributed by atoms with Crippen molar-refractivity contribution >= 4 is 5.91 Å². The minimum Gasteiger partial charge on any atom is -0.337 e. The number of halogens is 1. The molecule has 8 heteroatoms. The van der Waals surface area contributed by atoms with Crippen molar-refractivity contribution in [1.29, 1.82) is 0 Å². The van der Waals surface area contributed by atoms with Crippen LogP contribution >= 0.6 is 0 Å². The molecule has 4 heterocycles. The highest BCUT2D eigenvalue weighted by atomic mass is 19.1. The monoisotopic (exact) mass is 490 g/mol. The average molecular weight is 491 g/mol. The van der Waals surface area contributed by atoms with Gasteiger partial charge in [0.05, 0.1) is 11.4 Å². The van der Waals surface area contributed by atoms with Crippen molar-refractivity contribution in [2.45, 2.75) is 51.7 Å². The molecule has 5 rings (SSSR count). The number of pyridine rings is 1. The van der Waals surface area contributed by atoms with Gasteiger partial charge in [-0.3, -0.25) is 9.69 Å². The van der Waals surface area contributed by atoms with Gasteiger partial charge in [-0.05, 0) is 74.9 Å². The van der Waals surface area contributed by atoms with Crippen LogP contribution < -0.4 is 5.32 Å². The van der Waals surface area contributed by atoms with E-state index in [1.807, 2.05) is 35.4 Å². The van der Waals surface area contributed by atoms with Gasteiger partial charge in [0.2, 0.25) is 0 Å². The summed E-state index contributed by atoms with van der Waals surface area (Å²) in [6, 6.07) is 13.5. The molecule has 0 bridgehead atoms. The summed E-state index contributed by atoms with van der Waals surface area (Å²) in [6.45, 7) is 8.53. The van der Waals surface area contributed by atoms with Crippen LogP contribution in [0.4, 0.5) is 4.39 Å². The van der Waals surface area contributed by atoms with Gasteiger partial charge in [-0.15, -0.1) is 0 Å². The Morgan fingerprint density at radius 2 is 1.86 bits per heavy atom. The Balaban J connectivity index is 1.23. The fraction of sp³-hybridized carbons (Fsp3) is 0.464. The first-order valence-corrected chi connectivity index (χ1v) is 13.0. The van der Waals surface area contributed by atoms with Gasteiger partial charge < -0.3 is 10.2 Å². The first-order valence-electron chi connectivity index (χ1n) is 13.0. The predicted octanol–water partition coefficient (Wildman–Crippen LogP) is 3.68. The summed E-state index contributed by atoms with van der Waals surface area (Å²) in [5, 5.41) is 8.35. The lowest BCUT2D eigenvalue weighted by Gasteiger charge is -2.35. The molecule has 2 saturated heterocycles. The molecule has 1 aromatic carbocycles. The fourth-order valence-corrected chi connectivity index (χ4v) is 5.61. The summed E-state index contributed by atoms with van der Waals surface area (Å²) in [4.78, 5) is 22.2. The van der Waals surface area contributed by atoms with Crippen LogP contribution in [0.15, 0.2) is 54.9 Å². The number of aromatic nitrogens is 3. The maximum atomic E-state index is 13.5. The molecule has 0 radical (unpaired) electrons. The molecule has 2 fully saturated rings. The first kappa shape index (κ1) is 24.6. The molecular weight excluding hydrogens is 455 g/mol. The number of piperazine rings is 1. The zero-order valence-electron chi connectivity index (χ0n) is 21.1. The van der Waals surface area contributed by atoms with Gasteiger partial charge in [0.15, 0.2) is 5.69 Å². The molecular formula is C28H35FN6O. The molecule has 0 saturated carbocycles. The van der Waals surface area contributed by atoms with Crippen LogP contribution in [0.1, 0.15) is 48.4 Å². The van der Waals surface area contributed by atoms with Crippen molar-refractivity contribution in [2.24, 2.45) is 5.92 Å². The van der Waals surface area contributed by atoms with Gasteiger partial charge in [-0.1, -0.05) is 12.1 Å². The number of rotatable bonds is 6. The molecule has 2 aliphatic rings. The van der Waals surface area contributed by atoms with Crippen LogP contribution in [-0.4, -0.2) is 68.7 Å². The zero-order valence-corrected chi connectivity index (χ0v) is 21.1. The number of nitrogens with zero attached hydrogens (tertiary/aromatic N) is 5. The smallest absolute Gasteiger partial charge is 0.274 e. The minimum atomic E-state index is -0.193. The molecule has 2 aliphatic heterocycles. The zero-order chi connectivity index (χ0) is 25.1. The highest BCUT2D eigenvalue weighted by Crippen LogP contribution is 2.24. The standard InChI is InChI=1S/C28H35FN6O/c1-20-17-33(18-21(2)31-20)19-25-10-14-35(32-25)26-7-4-11-30-27(26)28(36)34-12-8-22(9-13-34)15-23-5-3-6-24(29)16-23/h3-7,10-11,14,16,20-22,31H,8-9,12-13,15,17-19H2,1-2H3/t20-,21+. The van der Waals surface area contributed by atoms with Gasteiger partial charge >= 0.3 is 0 Å². The SMILES string of the molecule is C[C@@H]1CN(Cc2ccn(-c3cccnc3C(=O)N3CCC(Cc4cccc(F)c4)CC3)n2)C[C@H](C)N1. The molecule has 2 aromatic heterocycles. The third-order valence-electron chi connectivity index (χ3n) is 7.21. The van der Waals surface area contributed by atoms with E-state index >= 15 is 0 Å². The van der Waals surface area contributed by atoms with Crippen LogP contribution in [0.2, 0.25) is 0 Å². The quantitative estimate of drug-likeness (QED) is 0.571. The Morgan fingerprint density at radius 1 is 1.08 bits per heavy atom. The van der Waals surface area contributed by atoms with Gasteiger partial charge in [0.1, 0.15) is 5.82 Å². The molecule has 0 aliphatic carbocycles. The highest BCUT2D eigenvalue weighted by Gasteiger charge is 2.27. The van der Waals surface area contributed by atoms with E-state index in [1.165, 1.54) is 6.07 Å². The molecule has 2 atom stereocenters.